The Morgan fingerprint density at radius 2 is 1.29 bits per heavy atom. The molecule has 0 aliphatic heterocycles. The van der Waals surface area contributed by atoms with E-state index in [0.717, 1.165) is 11.1 Å². The number of ketones is 1. The zero-order chi connectivity index (χ0) is 15.7. The van der Waals surface area contributed by atoms with Crippen molar-refractivity contribution in [1.29, 1.82) is 0 Å². The predicted octanol–water partition coefficient (Wildman–Crippen LogP) is 4.15. The number of benzene rings is 2. The minimum atomic E-state index is -0.192. The van der Waals surface area contributed by atoms with Gasteiger partial charge < -0.3 is 5.73 Å². The second-order valence-corrected chi connectivity index (χ2v) is 4.87. The van der Waals surface area contributed by atoms with E-state index in [-0.39, 0.29) is 17.7 Å². The summed E-state index contributed by atoms with van der Waals surface area (Å²) >= 11 is 0. The molecular formula is C19H25NO. The predicted molar refractivity (Wildman–Crippen MR) is 89.3 cm³/mol. The fraction of sp³-hybridized carbons (Fsp3) is 0.316. The molecule has 2 N–H and O–H groups in total. The first-order chi connectivity index (χ1) is 10.2. The molecule has 2 heteroatoms. The number of nitrogens with two attached hydrogens (primary N) is 1. The molecule has 0 spiro atoms. The molecule has 0 bridgehead atoms. The fourth-order valence-corrected chi connectivity index (χ4v) is 2.46. The van der Waals surface area contributed by atoms with Crippen molar-refractivity contribution in [1.82, 2.24) is 0 Å². The third-order valence-corrected chi connectivity index (χ3v) is 3.27. The van der Waals surface area contributed by atoms with Crippen LogP contribution in [0.4, 0.5) is 0 Å². The molecule has 0 unspecified atom stereocenters. The van der Waals surface area contributed by atoms with Gasteiger partial charge in [0.15, 0.2) is 0 Å². The van der Waals surface area contributed by atoms with Crippen LogP contribution < -0.4 is 5.73 Å². The Bertz CT molecular complexity index is 482. The molecule has 2 nitrogen and oxygen atoms in total. The van der Waals surface area contributed by atoms with E-state index in [9.17, 15) is 4.79 Å². The fourth-order valence-electron chi connectivity index (χ4n) is 2.46. The van der Waals surface area contributed by atoms with Crippen LogP contribution in [0.25, 0.3) is 0 Å². The lowest BCUT2D eigenvalue weighted by molar-refractivity contribution is -0.117. The average molecular weight is 283 g/mol. The van der Waals surface area contributed by atoms with E-state index in [2.05, 4.69) is 24.3 Å². The lowest BCUT2D eigenvalue weighted by atomic mass is 9.83. The molecule has 1 atom stereocenters. The van der Waals surface area contributed by atoms with Gasteiger partial charge >= 0.3 is 0 Å². The molecule has 2 rings (SSSR count). The van der Waals surface area contributed by atoms with Crippen molar-refractivity contribution < 1.29 is 4.79 Å². The molecule has 0 aliphatic rings. The number of rotatable bonds is 5. The zero-order valence-corrected chi connectivity index (χ0v) is 13.1. The van der Waals surface area contributed by atoms with Gasteiger partial charge in [-0.3, -0.25) is 4.79 Å². The van der Waals surface area contributed by atoms with Gasteiger partial charge in [-0.05, 0) is 18.1 Å². The SMILES string of the molecule is CC.CC(=O)C[C@H](N)C(c1ccccc1)c1ccccc1. The molecule has 0 aliphatic carbocycles. The summed E-state index contributed by atoms with van der Waals surface area (Å²) in [5.41, 5.74) is 8.57. The van der Waals surface area contributed by atoms with E-state index in [1.54, 1.807) is 6.92 Å². The van der Waals surface area contributed by atoms with Gasteiger partial charge in [-0.25, -0.2) is 0 Å². The van der Waals surface area contributed by atoms with E-state index < -0.39 is 0 Å². The second-order valence-electron chi connectivity index (χ2n) is 4.87. The highest BCUT2D eigenvalue weighted by Crippen LogP contribution is 2.28. The summed E-state index contributed by atoms with van der Waals surface area (Å²) in [6.45, 7) is 5.59. The number of carbonyl (C=O) groups excluding carboxylic acids is 1. The van der Waals surface area contributed by atoms with Gasteiger partial charge in [0.05, 0.1) is 0 Å². The van der Waals surface area contributed by atoms with Crippen LogP contribution in [0, 0.1) is 0 Å². The topological polar surface area (TPSA) is 43.1 Å². The van der Waals surface area contributed by atoms with Crippen LogP contribution in [0.5, 0.6) is 0 Å². The molecule has 0 radical (unpaired) electrons. The number of hydrogen-bond donors (Lipinski definition) is 1. The molecule has 0 saturated heterocycles. The van der Waals surface area contributed by atoms with E-state index in [1.807, 2.05) is 50.2 Å². The molecule has 0 saturated carbocycles. The van der Waals surface area contributed by atoms with Crippen LogP contribution in [0.15, 0.2) is 60.7 Å². The monoisotopic (exact) mass is 283 g/mol. The summed E-state index contributed by atoms with van der Waals surface area (Å²) in [5.74, 6) is 0.190. The molecule has 0 aromatic heterocycles. The van der Waals surface area contributed by atoms with Crippen LogP contribution in [-0.2, 0) is 4.79 Å². The number of hydrogen-bond acceptors (Lipinski definition) is 2. The van der Waals surface area contributed by atoms with Crippen molar-refractivity contribution in [3.63, 3.8) is 0 Å². The van der Waals surface area contributed by atoms with E-state index in [4.69, 9.17) is 5.73 Å². The highest BCUT2D eigenvalue weighted by atomic mass is 16.1. The first kappa shape index (κ1) is 17.1. The average Bonchev–Trinajstić information content (AvgIpc) is 2.51. The number of carbonyl (C=O) groups is 1. The molecule has 2 aromatic carbocycles. The van der Waals surface area contributed by atoms with Gasteiger partial charge in [0.25, 0.3) is 0 Å². The van der Waals surface area contributed by atoms with Crippen LogP contribution >= 0.6 is 0 Å². The van der Waals surface area contributed by atoms with Crippen molar-refractivity contribution in [3.05, 3.63) is 71.8 Å². The highest BCUT2D eigenvalue weighted by Gasteiger charge is 2.22. The normalized spacial score (nSPS) is 11.5. The Labute approximate surface area is 128 Å². The third-order valence-electron chi connectivity index (χ3n) is 3.27. The van der Waals surface area contributed by atoms with Crippen LogP contribution in [-0.4, -0.2) is 11.8 Å². The Morgan fingerprint density at radius 3 is 1.62 bits per heavy atom. The van der Waals surface area contributed by atoms with Crippen LogP contribution in [0.3, 0.4) is 0 Å². The van der Waals surface area contributed by atoms with Crippen molar-refractivity contribution in [2.75, 3.05) is 0 Å². The van der Waals surface area contributed by atoms with Gasteiger partial charge in [0.2, 0.25) is 0 Å². The largest absolute Gasteiger partial charge is 0.326 e. The maximum absolute atomic E-state index is 11.3. The molecule has 0 amide bonds. The van der Waals surface area contributed by atoms with Crippen molar-refractivity contribution >= 4 is 5.78 Å². The van der Waals surface area contributed by atoms with Gasteiger partial charge in [0, 0.05) is 18.4 Å². The maximum Gasteiger partial charge on any atom is 0.131 e. The van der Waals surface area contributed by atoms with Gasteiger partial charge in [0.1, 0.15) is 5.78 Å². The Kier molecular flexibility index (Phi) is 7.41. The number of Topliss-reactive ketones (excluding diaryl/α,β-unsaturated/α-hetero) is 1. The molecule has 0 heterocycles. The summed E-state index contributed by atoms with van der Waals surface area (Å²) in [6, 6.07) is 20.1. The summed E-state index contributed by atoms with van der Waals surface area (Å²) in [7, 11) is 0. The van der Waals surface area contributed by atoms with Crippen molar-refractivity contribution in [3.8, 4) is 0 Å². The maximum atomic E-state index is 11.3. The standard InChI is InChI=1S/C17H19NO.C2H6/c1-13(19)12-16(18)17(14-8-4-2-5-9-14)15-10-6-3-7-11-15;1-2/h2-11,16-17H,12,18H2,1H3;1-2H3/t16-;/m0./s1. The smallest absolute Gasteiger partial charge is 0.131 e. The minimum absolute atomic E-state index is 0.0614. The molecule has 2 aromatic rings. The first-order valence-corrected chi connectivity index (χ1v) is 7.53. The van der Waals surface area contributed by atoms with Crippen molar-refractivity contribution in [2.24, 2.45) is 5.73 Å². The molecular weight excluding hydrogens is 258 g/mol. The summed E-state index contributed by atoms with van der Waals surface area (Å²) < 4.78 is 0. The Morgan fingerprint density at radius 1 is 0.905 bits per heavy atom. The second kappa shape index (κ2) is 9.09. The van der Waals surface area contributed by atoms with E-state index >= 15 is 0 Å². The highest BCUT2D eigenvalue weighted by molar-refractivity contribution is 5.76. The van der Waals surface area contributed by atoms with E-state index in [0.29, 0.717) is 6.42 Å². The summed E-state index contributed by atoms with van der Waals surface area (Å²) in [4.78, 5) is 11.3. The third kappa shape index (κ3) is 5.16. The van der Waals surface area contributed by atoms with E-state index in [1.165, 1.54) is 0 Å². The molecule has 21 heavy (non-hydrogen) atoms. The Hall–Kier alpha value is -1.93. The lowest BCUT2D eigenvalue weighted by Gasteiger charge is -2.24. The Balaban J connectivity index is 0.00000106. The minimum Gasteiger partial charge on any atom is -0.326 e. The zero-order valence-electron chi connectivity index (χ0n) is 13.1. The lowest BCUT2D eigenvalue weighted by Crippen LogP contribution is -2.31. The molecule has 0 fully saturated rings. The van der Waals surface area contributed by atoms with Crippen LogP contribution in [0.1, 0.15) is 44.2 Å². The van der Waals surface area contributed by atoms with Gasteiger partial charge in [-0.1, -0.05) is 74.5 Å². The van der Waals surface area contributed by atoms with Crippen LogP contribution in [0.2, 0.25) is 0 Å². The first-order valence-electron chi connectivity index (χ1n) is 7.53. The summed E-state index contributed by atoms with van der Waals surface area (Å²) in [5, 5.41) is 0. The van der Waals surface area contributed by atoms with Crippen molar-refractivity contribution in [2.45, 2.75) is 39.2 Å². The quantitative estimate of drug-likeness (QED) is 0.895. The van der Waals surface area contributed by atoms with Gasteiger partial charge in [-0.2, -0.15) is 0 Å². The summed E-state index contributed by atoms with van der Waals surface area (Å²) in [6.07, 6.45) is 0.397. The molecule has 112 valence electrons. The van der Waals surface area contributed by atoms with Gasteiger partial charge in [-0.15, -0.1) is 0 Å².